The largest absolute Gasteiger partial charge is 0.400 e. The minimum absolute atomic E-state index is 1.00. The minimum atomic E-state index is 1.00. The Balaban J connectivity index is 0.000000340. The smallest absolute Gasteiger partial charge is 0.0319 e. The highest BCUT2D eigenvalue weighted by Crippen LogP contribution is 2.46. The summed E-state index contributed by atoms with van der Waals surface area (Å²) in [5.74, 6) is 0. The van der Waals surface area contributed by atoms with Crippen LogP contribution in [0.2, 0.25) is 0 Å². The summed E-state index contributed by atoms with van der Waals surface area (Å²) in [6.07, 6.45) is 0. The molecule has 20 heavy (non-hydrogen) atoms. The van der Waals surface area contributed by atoms with Gasteiger partial charge in [0.2, 0.25) is 0 Å². The van der Waals surface area contributed by atoms with Crippen molar-refractivity contribution in [2.75, 3.05) is 14.2 Å². The average Bonchev–Trinajstić information content (AvgIpc) is 2.89. The predicted molar refractivity (Wildman–Crippen MR) is 84.7 cm³/mol. The van der Waals surface area contributed by atoms with Crippen molar-refractivity contribution in [1.29, 1.82) is 0 Å². The van der Waals surface area contributed by atoms with Crippen LogP contribution in [0.15, 0.2) is 60.7 Å². The van der Waals surface area contributed by atoms with Crippen LogP contribution in [0.5, 0.6) is 0 Å². The normalized spacial score (nSPS) is 10.0. The minimum Gasteiger partial charge on any atom is -0.400 e. The molecule has 0 aromatic heterocycles. The van der Waals surface area contributed by atoms with Gasteiger partial charge in [0, 0.05) is 14.2 Å². The second-order valence-corrected chi connectivity index (χ2v) is 4.25. The molecule has 0 saturated heterocycles. The quantitative estimate of drug-likeness (QED) is 0.509. The number of fused-ring (bicyclic) bond motifs is 3. The first-order valence-corrected chi connectivity index (χ1v) is 6.46. The lowest BCUT2D eigenvalue weighted by Crippen LogP contribution is -1.73. The molecule has 0 unspecified atom stereocenters. The van der Waals surface area contributed by atoms with Crippen LogP contribution < -0.4 is 0 Å². The first kappa shape index (κ1) is 14.3. The summed E-state index contributed by atoms with van der Waals surface area (Å²) < 4.78 is 0. The van der Waals surface area contributed by atoms with Gasteiger partial charge in [0.1, 0.15) is 0 Å². The van der Waals surface area contributed by atoms with E-state index in [1.54, 1.807) is 0 Å². The van der Waals surface area contributed by atoms with Gasteiger partial charge in [-0.2, -0.15) is 0 Å². The molecule has 0 bridgehead atoms. The molecule has 4 rings (SSSR count). The highest BCUT2D eigenvalue weighted by Gasteiger charge is 2.19. The molecule has 3 aromatic carbocycles. The fourth-order valence-electron chi connectivity index (χ4n) is 2.74. The van der Waals surface area contributed by atoms with E-state index in [-0.39, 0.29) is 0 Å². The van der Waals surface area contributed by atoms with Gasteiger partial charge in [-0.15, -0.1) is 0 Å². The number of rotatable bonds is 0. The van der Waals surface area contributed by atoms with E-state index >= 15 is 0 Å². The van der Waals surface area contributed by atoms with Crippen molar-refractivity contribution < 1.29 is 10.2 Å². The lowest BCUT2D eigenvalue weighted by Gasteiger charge is -2.00. The number of aliphatic hydroxyl groups is 2. The molecule has 0 spiro atoms. The summed E-state index contributed by atoms with van der Waals surface area (Å²) in [4.78, 5) is 0. The molecule has 0 amide bonds. The van der Waals surface area contributed by atoms with Gasteiger partial charge in [0.15, 0.2) is 0 Å². The molecule has 3 aromatic rings. The van der Waals surface area contributed by atoms with Crippen LogP contribution in [0.25, 0.3) is 33.0 Å². The molecule has 2 heteroatoms. The van der Waals surface area contributed by atoms with Crippen molar-refractivity contribution in [3.8, 4) is 22.3 Å². The molecule has 2 N–H and O–H groups in total. The zero-order valence-electron chi connectivity index (χ0n) is 11.7. The maximum absolute atomic E-state index is 7.00. The molecule has 0 radical (unpaired) electrons. The van der Waals surface area contributed by atoms with Gasteiger partial charge in [-0.1, -0.05) is 60.7 Å². The third kappa shape index (κ3) is 2.09. The summed E-state index contributed by atoms with van der Waals surface area (Å²) in [7, 11) is 2.00. The van der Waals surface area contributed by atoms with Crippen molar-refractivity contribution in [3.05, 3.63) is 60.7 Å². The summed E-state index contributed by atoms with van der Waals surface area (Å²) >= 11 is 0. The molecule has 2 nitrogen and oxygen atoms in total. The fraction of sp³-hybridized carbons (Fsp3) is 0.111. The first-order valence-electron chi connectivity index (χ1n) is 6.46. The Morgan fingerprint density at radius 1 is 0.500 bits per heavy atom. The molecule has 0 atom stereocenters. The monoisotopic (exact) mass is 266 g/mol. The van der Waals surface area contributed by atoms with Gasteiger partial charge in [-0.3, -0.25) is 0 Å². The fourth-order valence-corrected chi connectivity index (χ4v) is 2.74. The second-order valence-electron chi connectivity index (χ2n) is 4.25. The molecule has 1 aliphatic rings. The van der Waals surface area contributed by atoms with E-state index < -0.39 is 0 Å². The zero-order valence-corrected chi connectivity index (χ0v) is 11.7. The van der Waals surface area contributed by atoms with Crippen molar-refractivity contribution >= 4 is 10.8 Å². The third-order valence-corrected chi connectivity index (χ3v) is 3.41. The Labute approximate surface area is 118 Å². The average molecular weight is 266 g/mol. The zero-order chi connectivity index (χ0) is 14.5. The number of hydrogen-bond donors (Lipinski definition) is 2. The molecule has 0 aliphatic heterocycles. The van der Waals surface area contributed by atoms with E-state index in [9.17, 15) is 0 Å². The Hall–Kier alpha value is -2.16. The van der Waals surface area contributed by atoms with Gasteiger partial charge < -0.3 is 10.2 Å². The maximum Gasteiger partial charge on any atom is 0.0319 e. The Kier molecular flexibility index (Phi) is 4.51. The van der Waals surface area contributed by atoms with Crippen LogP contribution >= 0.6 is 0 Å². The molecule has 0 heterocycles. The van der Waals surface area contributed by atoms with E-state index in [0.717, 1.165) is 14.2 Å². The molecule has 1 aliphatic carbocycles. The lowest BCUT2D eigenvalue weighted by atomic mass is 10.0. The summed E-state index contributed by atoms with van der Waals surface area (Å²) in [6.45, 7) is 0. The van der Waals surface area contributed by atoms with Gasteiger partial charge in [0.25, 0.3) is 0 Å². The molecule has 0 fully saturated rings. The van der Waals surface area contributed by atoms with Crippen LogP contribution in [0.3, 0.4) is 0 Å². The van der Waals surface area contributed by atoms with Crippen LogP contribution in [-0.4, -0.2) is 24.4 Å². The van der Waals surface area contributed by atoms with E-state index in [1.807, 2.05) is 0 Å². The Bertz CT molecular complexity index is 660. The van der Waals surface area contributed by atoms with Crippen LogP contribution in [0.4, 0.5) is 0 Å². The van der Waals surface area contributed by atoms with Crippen molar-refractivity contribution in [2.45, 2.75) is 0 Å². The molecule has 0 saturated carbocycles. The maximum atomic E-state index is 7.00. The lowest BCUT2D eigenvalue weighted by molar-refractivity contribution is 0.399. The summed E-state index contributed by atoms with van der Waals surface area (Å²) in [6, 6.07) is 21.8. The van der Waals surface area contributed by atoms with Gasteiger partial charge in [-0.25, -0.2) is 0 Å². The van der Waals surface area contributed by atoms with E-state index in [4.69, 9.17) is 10.2 Å². The summed E-state index contributed by atoms with van der Waals surface area (Å²) in [5.41, 5.74) is 5.50. The number of aliphatic hydroxyl groups excluding tert-OH is 2. The highest BCUT2D eigenvalue weighted by molar-refractivity contribution is 6.15. The molecular formula is C18H18O2. The standard InChI is InChI=1S/C16H10.2CH4O/c1-2-8-13-12(7-1)14-9-3-5-11-6-4-10-15(13)16(11)14;2*1-2/h1-10H;2*2H,1H3. The van der Waals surface area contributed by atoms with Crippen LogP contribution in [0.1, 0.15) is 0 Å². The van der Waals surface area contributed by atoms with Crippen molar-refractivity contribution in [1.82, 2.24) is 0 Å². The third-order valence-electron chi connectivity index (χ3n) is 3.41. The second kappa shape index (κ2) is 6.33. The topological polar surface area (TPSA) is 40.5 Å². The molecular weight excluding hydrogens is 248 g/mol. The van der Waals surface area contributed by atoms with Crippen molar-refractivity contribution in [2.24, 2.45) is 0 Å². The number of benzene rings is 3. The van der Waals surface area contributed by atoms with Gasteiger partial charge >= 0.3 is 0 Å². The van der Waals surface area contributed by atoms with E-state index in [0.29, 0.717) is 0 Å². The summed E-state index contributed by atoms with van der Waals surface area (Å²) in [5, 5.41) is 16.7. The number of hydrogen-bond acceptors (Lipinski definition) is 2. The van der Waals surface area contributed by atoms with Crippen LogP contribution in [0, 0.1) is 0 Å². The van der Waals surface area contributed by atoms with E-state index in [2.05, 4.69) is 60.7 Å². The van der Waals surface area contributed by atoms with Gasteiger partial charge in [0.05, 0.1) is 0 Å². The van der Waals surface area contributed by atoms with Crippen molar-refractivity contribution in [3.63, 3.8) is 0 Å². The Morgan fingerprint density at radius 3 is 1.35 bits per heavy atom. The van der Waals surface area contributed by atoms with Crippen LogP contribution in [-0.2, 0) is 0 Å². The predicted octanol–water partition coefficient (Wildman–Crippen LogP) is 3.70. The highest BCUT2D eigenvalue weighted by atomic mass is 16.2. The SMILES string of the molecule is CO.CO.c1ccc2c(c1)-c1cccc3cccc-2c13. The van der Waals surface area contributed by atoms with Gasteiger partial charge in [-0.05, 0) is 33.0 Å². The van der Waals surface area contributed by atoms with E-state index in [1.165, 1.54) is 33.0 Å². The first-order chi connectivity index (χ1) is 9.95. The Morgan fingerprint density at radius 2 is 0.900 bits per heavy atom. The molecule has 102 valence electrons.